The molecule has 3 aromatic heterocycles. The summed E-state index contributed by atoms with van der Waals surface area (Å²) in [4.78, 5) is 25.8. The summed E-state index contributed by atoms with van der Waals surface area (Å²) in [6, 6.07) is 13.6. The van der Waals surface area contributed by atoms with Gasteiger partial charge < -0.3 is 14.2 Å². The van der Waals surface area contributed by atoms with Crippen LogP contribution >= 0.6 is 0 Å². The number of rotatable bonds is 3. The van der Waals surface area contributed by atoms with Crippen LogP contribution in [0.3, 0.4) is 0 Å². The number of furan rings is 1. The number of nitrogens with zero attached hydrogens (tertiary/aromatic N) is 6. The summed E-state index contributed by atoms with van der Waals surface area (Å²) >= 11 is 0. The van der Waals surface area contributed by atoms with Crippen LogP contribution in [-0.2, 0) is 0 Å². The van der Waals surface area contributed by atoms with Crippen molar-refractivity contribution in [3.05, 3.63) is 65.7 Å². The molecule has 0 unspecified atom stereocenters. The van der Waals surface area contributed by atoms with E-state index in [2.05, 4.69) is 33.9 Å². The van der Waals surface area contributed by atoms with Gasteiger partial charge in [-0.25, -0.2) is 4.98 Å². The van der Waals surface area contributed by atoms with E-state index in [0.29, 0.717) is 43.5 Å². The van der Waals surface area contributed by atoms with Gasteiger partial charge in [-0.1, -0.05) is 29.8 Å². The molecule has 1 saturated heterocycles. The maximum atomic E-state index is 12.5. The van der Waals surface area contributed by atoms with Gasteiger partial charge in [0, 0.05) is 43.5 Å². The summed E-state index contributed by atoms with van der Waals surface area (Å²) in [6.45, 7) is 6.64. The molecule has 0 bridgehead atoms. The fourth-order valence-corrected chi connectivity index (χ4v) is 3.71. The Balaban J connectivity index is 1.42. The lowest BCUT2D eigenvalue weighted by Crippen LogP contribution is -2.49. The van der Waals surface area contributed by atoms with E-state index in [0.717, 1.165) is 17.1 Å². The molecule has 0 saturated carbocycles. The lowest BCUT2D eigenvalue weighted by Gasteiger charge is -2.35. The molecule has 30 heavy (non-hydrogen) atoms. The Morgan fingerprint density at radius 3 is 2.47 bits per heavy atom. The van der Waals surface area contributed by atoms with E-state index in [4.69, 9.17) is 9.52 Å². The van der Waals surface area contributed by atoms with Gasteiger partial charge in [0.05, 0.1) is 6.26 Å². The second kappa shape index (κ2) is 7.29. The SMILES string of the molecule is Cc1ccc(-c2nc3nc(C)cc(N4CCN(C(=O)c5ccco5)CC4)n3n2)cc1. The van der Waals surface area contributed by atoms with Crippen LogP contribution in [0, 0.1) is 13.8 Å². The standard InChI is InChI=1S/C22H22N6O2/c1-15-5-7-17(8-6-15)20-24-22-23-16(2)14-19(28(22)25-20)26-9-11-27(12-10-26)21(29)18-4-3-13-30-18/h3-8,13-14H,9-12H2,1-2H3. The predicted octanol–water partition coefficient (Wildman–Crippen LogP) is 2.96. The number of carbonyl (C=O) groups excluding carboxylic acids is 1. The first-order valence-electron chi connectivity index (χ1n) is 9.98. The molecular formula is C22H22N6O2. The highest BCUT2D eigenvalue weighted by Gasteiger charge is 2.25. The number of anilines is 1. The number of hydrogen-bond donors (Lipinski definition) is 0. The predicted molar refractivity (Wildman–Crippen MR) is 113 cm³/mol. The van der Waals surface area contributed by atoms with Crippen LogP contribution in [-0.4, -0.2) is 56.6 Å². The molecule has 1 aromatic carbocycles. The summed E-state index contributed by atoms with van der Waals surface area (Å²) in [5, 5.41) is 4.73. The highest BCUT2D eigenvalue weighted by molar-refractivity contribution is 5.91. The van der Waals surface area contributed by atoms with Crippen molar-refractivity contribution in [2.45, 2.75) is 13.8 Å². The number of benzene rings is 1. The van der Waals surface area contributed by atoms with Crippen LogP contribution in [0.1, 0.15) is 21.8 Å². The summed E-state index contributed by atoms with van der Waals surface area (Å²) in [5.74, 6) is 2.48. The molecule has 0 atom stereocenters. The van der Waals surface area contributed by atoms with E-state index in [9.17, 15) is 4.79 Å². The number of carbonyl (C=O) groups is 1. The molecule has 1 fully saturated rings. The molecular weight excluding hydrogens is 380 g/mol. The zero-order valence-electron chi connectivity index (χ0n) is 16.9. The Morgan fingerprint density at radius 2 is 1.77 bits per heavy atom. The first kappa shape index (κ1) is 18.4. The fraction of sp³-hybridized carbons (Fsp3) is 0.273. The van der Waals surface area contributed by atoms with Crippen LogP contribution in [0.2, 0.25) is 0 Å². The molecule has 8 nitrogen and oxygen atoms in total. The Kier molecular flexibility index (Phi) is 4.46. The molecule has 0 N–H and O–H groups in total. The highest BCUT2D eigenvalue weighted by atomic mass is 16.3. The maximum absolute atomic E-state index is 12.5. The van der Waals surface area contributed by atoms with Crippen molar-refractivity contribution >= 4 is 17.5 Å². The third kappa shape index (κ3) is 3.30. The average Bonchev–Trinajstić information content (AvgIpc) is 3.43. The van der Waals surface area contributed by atoms with Crippen molar-refractivity contribution < 1.29 is 9.21 Å². The second-order valence-electron chi connectivity index (χ2n) is 7.53. The van der Waals surface area contributed by atoms with Crippen molar-refractivity contribution in [1.82, 2.24) is 24.5 Å². The van der Waals surface area contributed by atoms with Crippen LogP contribution in [0.4, 0.5) is 5.82 Å². The number of aryl methyl sites for hydroxylation is 2. The summed E-state index contributed by atoms with van der Waals surface area (Å²) < 4.78 is 7.05. The molecule has 4 aromatic rings. The number of amides is 1. The van der Waals surface area contributed by atoms with E-state index < -0.39 is 0 Å². The van der Waals surface area contributed by atoms with Gasteiger partial charge >= 0.3 is 0 Å². The van der Waals surface area contributed by atoms with Crippen molar-refractivity contribution in [2.24, 2.45) is 0 Å². The normalized spacial score (nSPS) is 14.5. The van der Waals surface area contributed by atoms with Crippen molar-refractivity contribution in [3.63, 3.8) is 0 Å². The van der Waals surface area contributed by atoms with Crippen molar-refractivity contribution in [2.75, 3.05) is 31.1 Å². The number of aromatic nitrogens is 4. The van der Waals surface area contributed by atoms with Gasteiger partial charge in [-0.2, -0.15) is 9.50 Å². The molecule has 0 aliphatic carbocycles. The molecule has 1 aliphatic rings. The summed E-state index contributed by atoms with van der Waals surface area (Å²) in [5.41, 5.74) is 3.04. The summed E-state index contributed by atoms with van der Waals surface area (Å²) in [7, 11) is 0. The van der Waals surface area contributed by atoms with Crippen molar-refractivity contribution in [1.29, 1.82) is 0 Å². The minimum Gasteiger partial charge on any atom is -0.459 e. The lowest BCUT2D eigenvalue weighted by atomic mass is 10.1. The second-order valence-corrected chi connectivity index (χ2v) is 7.53. The third-order valence-corrected chi connectivity index (χ3v) is 5.35. The Bertz CT molecular complexity index is 1190. The van der Waals surface area contributed by atoms with E-state index in [1.54, 1.807) is 16.6 Å². The molecule has 5 rings (SSSR count). The van der Waals surface area contributed by atoms with Gasteiger partial charge in [0.1, 0.15) is 5.82 Å². The smallest absolute Gasteiger partial charge is 0.289 e. The van der Waals surface area contributed by atoms with Gasteiger partial charge in [0.25, 0.3) is 11.7 Å². The molecule has 4 heterocycles. The molecule has 0 spiro atoms. The highest BCUT2D eigenvalue weighted by Crippen LogP contribution is 2.22. The number of piperazine rings is 1. The first-order valence-corrected chi connectivity index (χ1v) is 9.98. The number of hydrogen-bond acceptors (Lipinski definition) is 6. The Labute approximate surface area is 173 Å². The Hall–Kier alpha value is -3.68. The topological polar surface area (TPSA) is 79.8 Å². The fourth-order valence-electron chi connectivity index (χ4n) is 3.71. The number of fused-ring (bicyclic) bond motifs is 1. The average molecular weight is 402 g/mol. The van der Waals surface area contributed by atoms with Crippen LogP contribution in [0.15, 0.2) is 53.1 Å². The lowest BCUT2D eigenvalue weighted by molar-refractivity contribution is 0.0714. The molecule has 0 radical (unpaired) electrons. The van der Waals surface area contributed by atoms with Crippen molar-refractivity contribution in [3.8, 4) is 11.4 Å². The van der Waals surface area contributed by atoms with Crippen LogP contribution in [0.5, 0.6) is 0 Å². The van der Waals surface area contributed by atoms with Gasteiger partial charge in [0.2, 0.25) is 0 Å². The third-order valence-electron chi connectivity index (χ3n) is 5.35. The Morgan fingerprint density at radius 1 is 1.00 bits per heavy atom. The molecule has 1 aliphatic heterocycles. The quantitative estimate of drug-likeness (QED) is 0.524. The van der Waals surface area contributed by atoms with Crippen LogP contribution < -0.4 is 4.90 Å². The van der Waals surface area contributed by atoms with E-state index >= 15 is 0 Å². The minimum absolute atomic E-state index is 0.0712. The van der Waals surface area contributed by atoms with Gasteiger partial charge in [0.15, 0.2) is 11.6 Å². The van der Waals surface area contributed by atoms with E-state index in [1.165, 1.54) is 11.8 Å². The van der Waals surface area contributed by atoms with Gasteiger partial charge in [-0.15, -0.1) is 5.10 Å². The first-order chi connectivity index (χ1) is 14.6. The largest absolute Gasteiger partial charge is 0.459 e. The van der Waals surface area contributed by atoms with Crippen LogP contribution in [0.25, 0.3) is 17.2 Å². The zero-order valence-corrected chi connectivity index (χ0v) is 16.9. The minimum atomic E-state index is -0.0712. The van der Waals surface area contributed by atoms with E-state index in [-0.39, 0.29) is 5.91 Å². The summed E-state index contributed by atoms with van der Waals surface area (Å²) in [6.07, 6.45) is 1.52. The molecule has 8 heteroatoms. The molecule has 152 valence electrons. The van der Waals surface area contributed by atoms with Gasteiger partial charge in [-0.05, 0) is 26.0 Å². The molecule has 1 amide bonds. The maximum Gasteiger partial charge on any atom is 0.289 e. The van der Waals surface area contributed by atoms with E-state index in [1.807, 2.05) is 30.0 Å². The monoisotopic (exact) mass is 402 g/mol. The zero-order chi connectivity index (χ0) is 20.7. The van der Waals surface area contributed by atoms with Gasteiger partial charge in [-0.3, -0.25) is 4.79 Å².